The molecule has 0 unspecified atom stereocenters. The van der Waals surface area contributed by atoms with Gasteiger partial charge in [-0.1, -0.05) is 18.2 Å². The minimum atomic E-state index is 0.624. The summed E-state index contributed by atoms with van der Waals surface area (Å²) < 4.78 is 0. The number of para-hydroxylation sites is 1. The second-order valence-electron chi connectivity index (χ2n) is 5.36. The van der Waals surface area contributed by atoms with Crippen molar-refractivity contribution < 1.29 is 0 Å². The van der Waals surface area contributed by atoms with Crippen molar-refractivity contribution in [2.45, 2.75) is 32.9 Å². The summed E-state index contributed by atoms with van der Waals surface area (Å²) >= 11 is 0. The van der Waals surface area contributed by atoms with Crippen molar-refractivity contribution in [1.29, 1.82) is 0 Å². The van der Waals surface area contributed by atoms with E-state index in [1.807, 2.05) is 6.20 Å². The molecule has 104 valence electrons. The summed E-state index contributed by atoms with van der Waals surface area (Å²) in [6.07, 6.45) is 3.05. The maximum Gasteiger partial charge on any atom is 0.0695 e. The summed E-state index contributed by atoms with van der Waals surface area (Å²) in [6.45, 7) is 7.53. The molecule has 0 radical (unpaired) electrons. The van der Waals surface area contributed by atoms with Crippen molar-refractivity contribution in [2.75, 3.05) is 20.1 Å². The summed E-state index contributed by atoms with van der Waals surface area (Å²) in [6, 6.07) is 6.94. The zero-order valence-electron chi connectivity index (χ0n) is 12.1. The van der Waals surface area contributed by atoms with E-state index in [-0.39, 0.29) is 0 Å². The van der Waals surface area contributed by atoms with Gasteiger partial charge in [0.1, 0.15) is 0 Å². The second kappa shape index (κ2) is 6.68. The van der Waals surface area contributed by atoms with Crippen LogP contribution in [0.2, 0.25) is 0 Å². The van der Waals surface area contributed by atoms with Crippen LogP contribution in [0.3, 0.4) is 0 Å². The largest absolute Gasteiger partial charge is 0.313 e. The number of nitrogens with zero attached hydrogens (tertiary/aromatic N) is 2. The van der Waals surface area contributed by atoms with E-state index in [2.05, 4.69) is 59.5 Å². The van der Waals surface area contributed by atoms with Gasteiger partial charge in [0, 0.05) is 18.0 Å². The van der Waals surface area contributed by atoms with Crippen LogP contribution in [0.15, 0.2) is 24.4 Å². The van der Waals surface area contributed by atoms with Crippen molar-refractivity contribution in [2.24, 2.45) is 0 Å². The highest BCUT2D eigenvalue weighted by Gasteiger charge is 2.03. The van der Waals surface area contributed by atoms with Crippen LogP contribution >= 0.6 is 0 Å². The monoisotopic (exact) mass is 260 g/mol. The van der Waals surface area contributed by atoms with Crippen molar-refractivity contribution >= 4 is 10.9 Å². The minimum absolute atomic E-state index is 0.624. The quantitative estimate of drug-likeness (QED) is 0.751. The minimum Gasteiger partial charge on any atom is -0.313 e. The molecule has 0 aliphatic heterocycles. The summed E-state index contributed by atoms with van der Waals surface area (Å²) in [5.41, 5.74) is 2.43. The van der Waals surface area contributed by atoms with Crippen molar-refractivity contribution in [3.63, 3.8) is 0 Å². The Balaban J connectivity index is 1.76. The van der Waals surface area contributed by atoms with Crippen LogP contribution in [0.1, 0.15) is 25.8 Å². The first kappa shape index (κ1) is 14.0. The van der Waals surface area contributed by atoms with E-state index in [4.69, 9.17) is 0 Å². The Morgan fingerprint density at radius 3 is 3.00 bits per heavy atom. The molecule has 2 aromatic rings. The highest BCUT2D eigenvalue weighted by Crippen LogP contribution is 2.15. The SMILES string of the molecule is CC(C)N(C)CCCNCc1cccc2cn[nH]c12. The predicted octanol–water partition coefficient (Wildman–Crippen LogP) is 2.38. The van der Waals surface area contributed by atoms with Crippen LogP contribution in [0, 0.1) is 0 Å². The molecule has 1 aromatic carbocycles. The fraction of sp³-hybridized carbons (Fsp3) is 0.533. The van der Waals surface area contributed by atoms with Crippen LogP contribution in [0.4, 0.5) is 0 Å². The Hall–Kier alpha value is -1.39. The number of H-pyrrole nitrogens is 1. The zero-order valence-corrected chi connectivity index (χ0v) is 12.1. The van der Waals surface area contributed by atoms with Crippen LogP contribution in [0.25, 0.3) is 10.9 Å². The van der Waals surface area contributed by atoms with Gasteiger partial charge in [-0.15, -0.1) is 0 Å². The third-order valence-electron chi connectivity index (χ3n) is 3.62. The Bertz CT molecular complexity index is 504. The Morgan fingerprint density at radius 1 is 1.37 bits per heavy atom. The molecule has 2 N–H and O–H groups in total. The van der Waals surface area contributed by atoms with E-state index >= 15 is 0 Å². The van der Waals surface area contributed by atoms with E-state index in [0.29, 0.717) is 6.04 Å². The molecule has 0 amide bonds. The maximum absolute atomic E-state index is 4.09. The standard InChI is InChI=1S/C15H24N4/c1-12(2)19(3)9-5-8-16-10-13-6-4-7-14-11-17-18-15(13)14/h4,6-7,11-12,16H,5,8-10H2,1-3H3,(H,17,18). The normalized spacial score (nSPS) is 11.8. The fourth-order valence-electron chi connectivity index (χ4n) is 2.11. The fourth-order valence-corrected chi connectivity index (χ4v) is 2.11. The van der Waals surface area contributed by atoms with Gasteiger partial charge >= 0.3 is 0 Å². The Kier molecular flexibility index (Phi) is 4.93. The third kappa shape index (κ3) is 3.78. The average Bonchev–Trinajstić information content (AvgIpc) is 2.87. The molecule has 0 atom stereocenters. The van der Waals surface area contributed by atoms with Crippen LogP contribution in [0.5, 0.6) is 0 Å². The van der Waals surface area contributed by atoms with Gasteiger partial charge in [-0.2, -0.15) is 5.10 Å². The van der Waals surface area contributed by atoms with Gasteiger partial charge in [-0.25, -0.2) is 0 Å². The van der Waals surface area contributed by atoms with Crippen LogP contribution < -0.4 is 5.32 Å². The lowest BCUT2D eigenvalue weighted by molar-refractivity contribution is 0.269. The van der Waals surface area contributed by atoms with Crippen LogP contribution in [-0.2, 0) is 6.54 Å². The summed E-state index contributed by atoms with van der Waals surface area (Å²) in [5, 5.41) is 11.8. The average molecular weight is 260 g/mol. The molecule has 0 bridgehead atoms. The van der Waals surface area contributed by atoms with E-state index in [0.717, 1.165) is 25.2 Å². The molecule has 4 nitrogen and oxygen atoms in total. The van der Waals surface area contributed by atoms with E-state index < -0.39 is 0 Å². The third-order valence-corrected chi connectivity index (χ3v) is 3.62. The van der Waals surface area contributed by atoms with E-state index in [1.165, 1.54) is 17.4 Å². The molecule has 0 aliphatic rings. The van der Waals surface area contributed by atoms with Gasteiger partial charge < -0.3 is 10.2 Å². The molecule has 1 heterocycles. The molecule has 1 aromatic heterocycles. The smallest absolute Gasteiger partial charge is 0.0695 e. The first-order valence-corrected chi connectivity index (χ1v) is 7.00. The van der Waals surface area contributed by atoms with Gasteiger partial charge in [-0.3, -0.25) is 5.10 Å². The molecule has 0 saturated heterocycles. The second-order valence-corrected chi connectivity index (χ2v) is 5.36. The zero-order chi connectivity index (χ0) is 13.7. The topological polar surface area (TPSA) is 44.0 Å². The van der Waals surface area contributed by atoms with E-state index in [9.17, 15) is 0 Å². The number of hydrogen-bond acceptors (Lipinski definition) is 3. The molecule has 0 fully saturated rings. The lowest BCUT2D eigenvalue weighted by atomic mass is 10.1. The Labute approximate surface area is 115 Å². The Morgan fingerprint density at radius 2 is 2.21 bits per heavy atom. The van der Waals surface area contributed by atoms with Crippen LogP contribution in [-0.4, -0.2) is 41.3 Å². The molecular weight excluding hydrogens is 236 g/mol. The van der Waals surface area contributed by atoms with Gasteiger partial charge in [-0.05, 0) is 46.0 Å². The summed E-state index contributed by atoms with van der Waals surface area (Å²) in [7, 11) is 2.18. The number of hydrogen-bond donors (Lipinski definition) is 2. The van der Waals surface area contributed by atoms with Crippen molar-refractivity contribution in [3.8, 4) is 0 Å². The molecule has 2 rings (SSSR count). The van der Waals surface area contributed by atoms with Gasteiger partial charge in [0.15, 0.2) is 0 Å². The lowest BCUT2D eigenvalue weighted by Crippen LogP contribution is -2.29. The molecule has 0 saturated carbocycles. The number of fused-ring (bicyclic) bond motifs is 1. The number of benzene rings is 1. The number of aromatic amines is 1. The summed E-state index contributed by atoms with van der Waals surface area (Å²) in [5.74, 6) is 0. The first-order valence-electron chi connectivity index (χ1n) is 7.00. The molecule has 19 heavy (non-hydrogen) atoms. The number of aromatic nitrogens is 2. The number of nitrogens with one attached hydrogen (secondary N) is 2. The molecule has 0 spiro atoms. The maximum atomic E-state index is 4.09. The molecule has 0 aliphatic carbocycles. The van der Waals surface area contributed by atoms with Gasteiger partial charge in [0.25, 0.3) is 0 Å². The van der Waals surface area contributed by atoms with Gasteiger partial charge in [0.05, 0.1) is 11.7 Å². The lowest BCUT2D eigenvalue weighted by Gasteiger charge is -2.20. The summed E-state index contributed by atoms with van der Waals surface area (Å²) in [4.78, 5) is 2.37. The highest BCUT2D eigenvalue weighted by atomic mass is 15.1. The number of rotatable bonds is 7. The van der Waals surface area contributed by atoms with E-state index in [1.54, 1.807) is 0 Å². The first-order chi connectivity index (χ1) is 9.18. The predicted molar refractivity (Wildman–Crippen MR) is 80.2 cm³/mol. The molecule has 4 heteroatoms. The highest BCUT2D eigenvalue weighted by molar-refractivity contribution is 5.81. The van der Waals surface area contributed by atoms with Crippen molar-refractivity contribution in [3.05, 3.63) is 30.0 Å². The van der Waals surface area contributed by atoms with Crippen molar-refractivity contribution in [1.82, 2.24) is 20.4 Å². The van der Waals surface area contributed by atoms with Gasteiger partial charge in [0.2, 0.25) is 0 Å². The molecular formula is C15H24N4.